The summed E-state index contributed by atoms with van der Waals surface area (Å²) < 4.78 is 10.8. The molecular formula is C20H22O2. The Kier molecular flexibility index (Phi) is 5.12. The lowest BCUT2D eigenvalue weighted by atomic mass is 9.87. The summed E-state index contributed by atoms with van der Waals surface area (Å²) in [6, 6.07) is 15.9. The Morgan fingerprint density at radius 3 is 2.00 bits per heavy atom. The molecule has 0 saturated heterocycles. The Labute approximate surface area is 133 Å². The van der Waals surface area contributed by atoms with Crippen molar-refractivity contribution in [1.29, 1.82) is 0 Å². The summed E-state index contributed by atoms with van der Waals surface area (Å²) in [7, 11) is 1.65. The van der Waals surface area contributed by atoms with E-state index in [0.29, 0.717) is 6.61 Å². The van der Waals surface area contributed by atoms with Crippen LogP contribution in [0.25, 0.3) is 0 Å². The fraction of sp³-hybridized carbons (Fsp3) is 0.300. The summed E-state index contributed by atoms with van der Waals surface area (Å²) in [5.74, 6) is 7.77. The van der Waals surface area contributed by atoms with Crippen molar-refractivity contribution in [2.45, 2.75) is 26.2 Å². The molecule has 0 aromatic heterocycles. The Balaban J connectivity index is 1.90. The molecule has 0 heterocycles. The van der Waals surface area contributed by atoms with Crippen LogP contribution in [0.3, 0.4) is 0 Å². The summed E-state index contributed by atoms with van der Waals surface area (Å²) in [4.78, 5) is 0. The fourth-order valence-electron chi connectivity index (χ4n) is 1.98. The third-order valence-electron chi connectivity index (χ3n) is 3.35. The second-order valence-electron chi connectivity index (χ2n) is 6.09. The molecule has 22 heavy (non-hydrogen) atoms. The van der Waals surface area contributed by atoms with E-state index in [-0.39, 0.29) is 5.41 Å². The van der Waals surface area contributed by atoms with Gasteiger partial charge in [0.15, 0.2) is 0 Å². The lowest BCUT2D eigenvalue weighted by molar-refractivity contribution is 0.370. The molecule has 0 unspecified atom stereocenters. The summed E-state index contributed by atoms with van der Waals surface area (Å²) >= 11 is 0. The van der Waals surface area contributed by atoms with E-state index in [2.05, 4.69) is 44.7 Å². The molecule has 0 bridgehead atoms. The van der Waals surface area contributed by atoms with Gasteiger partial charge in [0.1, 0.15) is 18.1 Å². The van der Waals surface area contributed by atoms with Crippen LogP contribution in [0, 0.1) is 11.8 Å². The maximum Gasteiger partial charge on any atom is 0.149 e. The molecule has 2 heteroatoms. The zero-order valence-electron chi connectivity index (χ0n) is 13.6. The highest BCUT2D eigenvalue weighted by atomic mass is 16.5. The maximum atomic E-state index is 5.64. The van der Waals surface area contributed by atoms with Crippen molar-refractivity contribution in [2.24, 2.45) is 0 Å². The topological polar surface area (TPSA) is 18.5 Å². The molecule has 0 amide bonds. The average Bonchev–Trinajstić information content (AvgIpc) is 2.52. The molecule has 0 atom stereocenters. The van der Waals surface area contributed by atoms with Crippen LogP contribution in [0.15, 0.2) is 48.5 Å². The monoisotopic (exact) mass is 294 g/mol. The van der Waals surface area contributed by atoms with Gasteiger partial charge in [0.05, 0.1) is 7.11 Å². The first-order chi connectivity index (χ1) is 10.5. The number of rotatable bonds is 3. The highest BCUT2D eigenvalue weighted by Crippen LogP contribution is 2.24. The molecular weight excluding hydrogens is 272 g/mol. The first-order valence-electron chi connectivity index (χ1n) is 7.35. The minimum Gasteiger partial charge on any atom is -0.497 e. The highest BCUT2D eigenvalue weighted by molar-refractivity contribution is 5.38. The molecule has 2 aromatic carbocycles. The van der Waals surface area contributed by atoms with Crippen LogP contribution < -0.4 is 9.47 Å². The van der Waals surface area contributed by atoms with Crippen molar-refractivity contribution in [3.63, 3.8) is 0 Å². The minimum absolute atomic E-state index is 0.159. The molecule has 0 aliphatic rings. The van der Waals surface area contributed by atoms with Gasteiger partial charge in [-0.1, -0.05) is 44.7 Å². The van der Waals surface area contributed by atoms with E-state index in [9.17, 15) is 0 Å². The predicted molar refractivity (Wildman–Crippen MR) is 90.5 cm³/mol. The Hall–Kier alpha value is -2.40. The number of methoxy groups -OCH3 is 1. The van der Waals surface area contributed by atoms with E-state index < -0.39 is 0 Å². The Morgan fingerprint density at radius 2 is 1.45 bits per heavy atom. The SMILES string of the molecule is COc1ccc(C#CCOc2ccc(C(C)(C)C)cc2)cc1. The maximum absolute atomic E-state index is 5.64. The van der Waals surface area contributed by atoms with Gasteiger partial charge in [-0.25, -0.2) is 0 Å². The summed E-state index contributed by atoms with van der Waals surface area (Å²) in [6.45, 7) is 6.97. The lowest BCUT2D eigenvalue weighted by Crippen LogP contribution is -2.10. The summed E-state index contributed by atoms with van der Waals surface area (Å²) in [5, 5.41) is 0. The van der Waals surface area contributed by atoms with Gasteiger partial charge in [-0.05, 0) is 47.4 Å². The van der Waals surface area contributed by atoms with Crippen LogP contribution in [0.1, 0.15) is 31.9 Å². The molecule has 0 aliphatic carbocycles. The quantitative estimate of drug-likeness (QED) is 0.780. The number of ether oxygens (including phenoxy) is 2. The average molecular weight is 294 g/mol. The highest BCUT2D eigenvalue weighted by Gasteiger charge is 2.12. The second-order valence-corrected chi connectivity index (χ2v) is 6.09. The van der Waals surface area contributed by atoms with Crippen LogP contribution in [0.4, 0.5) is 0 Å². The molecule has 0 spiro atoms. The van der Waals surface area contributed by atoms with Gasteiger partial charge in [0, 0.05) is 5.56 Å². The van der Waals surface area contributed by atoms with E-state index >= 15 is 0 Å². The van der Waals surface area contributed by atoms with Crippen molar-refractivity contribution in [2.75, 3.05) is 13.7 Å². The van der Waals surface area contributed by atoms with Crippen molar-refractivity contribution in [3.8, 4) is 23.3 Å². The van der Waals surface area contributed by atoms with Crippen molar-refractivity contribution >= 4 is 0 Å². The third kappa shape index (κ3) is 4.56. The van der Waals surface area contributed by atoms with Crippen LogP contribution >= 0.6 is 0 Å². The van der Waals surface area contributed by atoms with E-state index in [1.165, 1.54) is 5.56 Å². The van der Waals surface area contributed by atoms with Gasteiger partial charge in [-0.15, -0.1) is 0 Å². The lowest BCUT2D eigenvalue weighted by Gasteiger charge is -2.18. The van der Waals surface area contributed by atoms with Gasteiger partial charge >= 0.3 is 0 Å². The smallest absolute Gasteiger partial charge is 0.149 e. The zero-order chi connectivity index (χ0) is 16.0. The summed E-state index contributed by atoms with van der Waals surface area (Å²) in [5.41, 5.74) is 2.41. The zero-order valence-corrected chi connectivity index (χ0v) is 13.6. The number of hydrogen-bond acceptors (Lipinski definition) is 2. The fourth-order valence-corrected chi connectivity index (χ4v) is 1.98. The molecule has 0 radical (unpaired) electrons. The third-order valence-corrected chi connectivity index (χ3v) is 3.35. The van der Waals surface area contributed by atoms with Gasteiger partial charge in [0.25, 0.3) is 0 Å². The molecule has 0 saturated carbocycles. The molecule has 0 fully saturated rings. The normalized spacial score (nSPS) is 10.5. The molecule has 2 nitrogen and oxygen atoms in total. The first-order valence-corrected chi connectivity index (χ1v) is 7.35. The summed E-state index contributed by atoms with van der Waals surface area (Å²) in [6.07, 6.45) is 0. The molecule has 2 rings (SSSR count). The first kappa shape index (κ1) is 16.0. The van der Waals surface area contributed by atoms with Crippen LogP contribution in [0.5, 0.6) is 11.5 Å². The second kappa shape index (κ2) is 7.04. The molecule has 114 valence electrons. The number of hydrogen-bond donors (Lipinski definition) is 0. The van der Waals surface area contributed by atoms with Crippen molar-refractivity contribution in [1.82, 2.24) is 0 Å². The van der Waals surface area contributed by atoms with Gasteiger partial charge in [-0.3, -0.25) is 0 Å². The van der Waals surface area contributed by atoms with E-state index in [1.54, 1.807) is 7.11 Å². The van der Waals surface area contributed by atoms with Crippen LogP contribution in [-0.2, 0) is 5.41 Å². The van der Waals surface area contributed by atoms with Gasteiger partial charge < -0.3 is 9.47 Å². The van der Waals surface area contributed by atoms with E-state index in [0.717, 1.165) is 17.1 Å². The minimum atomic E-state index is 0.159. The molecule has 0 aliphatic heterocycles. The van der Waals surface area contributed by atoms with Crippen LogP contribution in [0.2, 0.25) is 0 Å². The van der Waals surface area contributed by atoms with Crippen molar-refractivity contribution in [3.05, 3.63) is 59.7 Å². The standard InChI is InChI=1S/C20H22O2/c1-20(2,3)17-9-13-19(14-10-17)22-15-5-6-16-7-11-18(21-4)12-8-16/h7-14H,15H2,1-4H3. The predicted octanol–water partition coefficient (Wildman–Crippen LogP) is 4.42. The molecule has 2 aromatic rings. The van der Waals surface area contributed by atoms with Crippen molar-refractivity contribution < 1.29 is 9.47 Å². The van der Waals surface area contributed by atoms with Gasteiger partial charge in [-0.2, -0.15) is 0 Å². The molecule has 0 N–H and O–H groups in total. The van der Waals surface area contributed by atoms with E-state index in [1.807, 2.05) is 36.4 Å². The van der Waals surface area contributed by atoms with E-state index in [4.69, 9.17) is 9.47 Å². The Morgan fingerprint density at radius 1 is 0.864 bits per heavy atom. The van der Waals surface area contributed by atoms with Gasteiger partial charge in [0.2, 0.25) is 0 Å². The number of benzene rings is 2. The Bertz CT molecular complexity index is 650. The van der Waals surface area contributed by atoms with Crippen LogP contribution in [-0.4, -0.2) is 13.7 Å². The largest absolute Gasteiger partial charge is 0.497 e.